The van der Waals surface area contributed by atoms with Crippen molar-refractivity contribution in [2.45, 2.75) is 12.5 Å². The molecule has 2 aromatic carbocycles. The number of nitrogens with one attached hydrogen (secondary N) is 1. The minimum atomic E-state index is -0.660. The Kier molecular flexibility index (Phi) is 4.23. The van der Waals surface area contributed by atoms with E-state index >= 15 is 0 Å². The highest BCUT2D eigenvalue weighted by molar-refractivity contribution is 5.92. The van der Waals surface area contributed by atoms with E-state index in [1.165, 1.54) is 5.57 Å². The van der Waals surface area contributed by atoms with Gasteiger partial charge in [-0.3, -0.25) is 0 Å². The number of aliphatic hydroxyl groups is 1. The highest BCUT2D eigenvalue weighted by Gasteiger charge is 2.25. The third kappa shape index (κ3) is 2.52. The van der Waals surface area contributed by atoms with Gasteiger partial charge in [0, 0.05) is 0 Å². The quantitative estimate of drug-likeness (QED) is 0.843. The molecule has 2 nitrogen and oxygen atoms in total. The molecule has 3 rings (SSSR count). The molecule has 0 fully saturated rings. The van der Waals surface area contributed by atoms with Gasteiger partial charge < -0.3 is 10.4 Å². The van der Waals surface area contributed by atoms with Crippen molar-refractivity contribution in [3.63, 3.8) is 0 Å². The molecule has 0 aliphatic heterocycles. The van der Waals surface area contributed by atoms with Crippen LogP contribution in [0.3, 0.4) is 0 Å². The second-order valence-electron chi connectivity index (χ2n) is 5.57. The number of hydrogen-bond donors (Lipinski definition) is 2. The van der Waals surface area contributed by atoms with Crippen molar-refractivity contribution in [3.05, 3.63) is 83.4 Å². The number of rotatable bonds is 3. The van der Waals surface area contributed by atoms with Crippen molar-refractivity contribution >= 4 is 11.1 Å². The van der Waals surface area contributed by atoms with Crippen LogP contribution in [0.5, 0.6) is 0 Å². The van der Waals surface area contributed by atoms with Gasteiger partial charge in [-0.15, -0.1) is 0 Å². The average molecular weight is 291 g/mol. The Morgan fingerprint density at radius 1 is 1.05 bits per heavy atom. The topological polar surface area (TPSA) is 32.3 Å². The smallest absolute Gasteiger partial charge is 0.105 e. The zero-order valence-corrected chi connectivity index (χ0v) is 12.8. The first kappa shape index (κ1) is 14.8. The molecule has 0 unspecified atom stereocenters. The largest absolute Gasteiger partial charge is 0.384 e. The number of benzene rings is 2. The predicted molar refractivity (Wildman–Crippen MR) is 92.5 cm³/mol. The van der Waals surface area contributed by atoms with E-state index in [0.29, 0.717) is 0 Å². The van der Waals surface area contributed by atoms with Crippen LogP contribution in [-0.2, 0) is 0 Å². The van der Waals surface area contributed by atoms with Gasteiger partial charge in [0.2, 0.25) is 0 Å². The molecule has 22 heavy (non-hydrogen) atoms. The van der Waals surface area contributed by atoms with Crippen molar-refractivity contribution in [1.82, 2.24) is 5.32 Å². The van der Waals surface area contributed by atoms with Gasteiger partial charge in [0.15, 0.2) is 0 Å². The van der Waals surface area contributed by atoms with E-state index in [1.807, 2.05) is 43.4 Å². The zero-order chi connectivity index (χ0) is 15.5. The summed E-state index contributed by atoms with van der Waals surface area (Å²) in [5.41, 5.74) is 6.14. The molecule has 1 atom stereocenters. The van der Waals surface area contributed by atoms with E-state index in [0.717, 1.165) is 40.8 Å². The normalized spacial score (nSPS) is 18.7. The maximum atomic E-state index is 10.7. The van der Waals surface area contributed by atoms with Crippen molar-refractivity contribution in [3.8, 4) is 0 Å². The number of aliphatic hydroxyl groups excluding tert-OH is 1. The van der Waals surface area contributed by atoms with Crippen LogP contribution in [0.15, 0.2) is 61.2 Å². The van der Waals surface area contributed by atoms with E-state index < -0.39 is 6.10 Å². The highest BCUT2D eigenvalue weighted by Crippen LogP contribution is 2.42. The average Bonchev–Trinajstić information content (AvgIpc) is 2.65. The predicted octanol–water partition coefficient (Wildman–Crippen LogP) is 3.79. The standard InChI is InChI=1S/C20H21NO/c1-14-15-8-3-4-9-16(15)17(12-7-13-21-2)18-10-5-6-11-19(18)20(14)22/h3-6,8-12,20-22H,1,7,13H2,2H3/b17-12+/t20-/m0/s1. The molecule has 2 heteroatoms. The molecule has 0 radical (unpaired) electrons. The summed E-state index contributed by atoms with van der Waals surface area (Å²) in [6.07, 6.45) is 2.53. The lowest BCUT2D eigenvalue weighted by atomic mass is 9.93. The van der Waals surface area contributed by atoms with E-state index in [4.69, 9.17) is 0 Å². The van der Waals surface area contributed by atoms with Gasteiger partial charge >= 0.3 is 0 Å². The van der Waals surface area contributed by atoms with Crippen LogP contribution < -0.4 is 5.32 Å². The molecule has 0 aromatic heterocycles. The summed E-state index contributed by atoms with van der Waals surface area (Å²) in [5, 5.41) is 13.9. The molecule has 1 aliphatic rings. The first-order valence-electron chi connectivity index (χ1n) is 7.64. The van der Waals surface area contributed by atoms with Crippen LogP contribution >= 0.6 is 0 Å². The van der Waals surface area contributed by atoms with Gasteiger partial charge in [0.05, 0.1) is 0 Å². The van der Waals surface area contributed by atoms with Gasteiger partial charge in [-0.2, -0.15) is 0 Å². The fourth-order valence-corrected chi connectivity index (χ4v) is 3.04. The summed E-state index contributed by atoms with van der Waals surface area (Å²) in [6, 6.07) is 16.3. The Hall–Kier alpha value is -2.16. The second-order valence-corrected chi connectivity index (χ2v) is 5.57. The van der Waals surface area contributed by atoms with Crippen LogP contribution in [0.25, 0.3) is 11.1 Å². The molecule has 0 bridgehead atoms. The van der Waals surface area contributed by atoms with Gasteiger partial charge in [-0.25, -0.2) is 0 Å². The van der Waals surface area contributed by atoms with E-state index in [2.05, 4.69) is 30.1 Å². The summed E-state index contributed by atoms with van der Waals surface area (Å²) >= 11 is 0. The van der Waals surface area contributed by atoms with E-state index in [1.54, 1.807) is 0 Å². The third-order valence-corrected chi connectivity index (χ3v) is 4.18. The molecular formula is C20H21NO. The van der Waals surface area contributed by atoms with Crippen LogP contribution in [0, 0.1) is 0 Å². The maximum Gasteiger partial charge on any atom is 0.105 e. The van der Waals surface area contributed by atoms with E-state index in [9.17, 15) is 5.11 Å². The molecular weight excluding hydrogens is 270 g/mol. The summed E-state index contributed by atoms with van der Waals surface area (Å²) in [7, 11) is 1.96. The summed E-state index contributed by atoms with van der Waals surface area (Å²) in [4.78, 5) is 0. The third-order valence-electron chi connectivity index (χ3n) is 4.18. The first-order chi connectivity index (χ1) is 10.7. The second kappa shape index (κ2) is 6.30. The lowest BCUT2D eigenvalue weighted by Gasteiger charge is -2.14. The molecule has 0 amide bonds. The Balaban J connectivity index is 2.24. The molecule has 0 spiro atoms. The number of fused-ring (bicyclic) bond motifs is 2. The fourth-order valence-electron chi connectivity index (χ4n) is 3.04. The lowest BCUT2D eigenvalue weighted by Crippen LogP contribution is -2.06. The van der Waals surface area contributed by atoms with Crippen LogP contribution in [0.4, 0.5) is 0 Å². The Morgan fingerprint density at radius 2 is 1.68 bits per heavy atom. The fraction of sp³-hybridized carbons (Fsp3) is 0.200. The molecule has 2 N–H and O–H groups in total. The Bertz CT molecular complexity index is 730. The van der Waals surface area contributed by atoms with Crippen LogP contribution in [0.1, 0.15) is 34.8 Å². The molecule has 2 aromatic rings. The number of hydrogen-bond acceptors (Lipinski definition) is 2. The SMILES string of the molecule is C=C1c2ccccc2/C(=C\CCNC)c2ccccc2[C@H]1O. The van der Waals surface area contributed by atoms with E-state index in [-0.39, 0.29) is 0 Å². The minimum absolute atomic E-state index is 0.660. The molecule has 112 valence electrons. The summed E-state index contributed by atoms with van der Waals surface area (Å²) in [6.45, 7) is 5.06. The Labute approximate surface area is 131 Å². The van der Waals surface area contributed by atoms with Crippen molar-refractivity contribution in [1.29, 1.82) is 0 Å². The van der Waals surface area contributed by atoms with Gasteiger partial charge in [-0.1, -0.05) is 61.2 Å². The monoisotopic (exact) mass is 291 g/mol. The maximum absolute atomic E-state index is 10.7. The summed E-state index contributed by atoms with van der Waals surface area (Å²) < 4.78 is 0. The van der Waals surface area contributed by atoms with Crippen molar-refractivity contribution in [2.24, 2.45) is 0 Å². The Morgan fingerprint density at radius 3 is 2.41 bits per heavy atom. The first-order valence-corrected chi connectivity index (χ1v) is 7.64. The lowest BCUT2D eigenvalue weighted by molar-refractivity contribution is 0.238. The summed E-state index contributed by atoms with van der Waals surface area (Å²) in [5.74, 6) is 0. The van der Waals surface area contributed by atoms with Gasteiger partial charge in [-0.05, 0) is 53.4 Å². The molecule has 1 aliphatic carbocycles. The van der Waals surface area contributed by atoms with Gasteiger partial charge in [0.25, 0.3) is 0 Å². The zero-order valence-electron chi connectivity index (χ0n) is 12.8. The van der Waals surface area contributed by atoms with Crippen LogP contribution in [0.2, 0.25) is 0 Å². The highest BCUT2D eigenvalue weighted by atomic mass is 16.3. The van der Waals surface area contributed by atoms with Gasteiger partial charge in [0.1, 0.15) is 6.10 Å². The molecule has 0 saturated heterocycles. The van der Waals surface area contributed by atoms with Crippen molar-refractivity contribution in [2.75, 3.05) is 13.6 Å². The minimum Gasteiger partial charge on any atom is -0.384 e. The molecule has 0 heterocycles. The van der Waals surface area contributed by atoms with Crippen molar-refractivity contribution < 1.29 is 5.11 Å². The molecule has 0 saturated carbocycles. The van der Waals surface area contributed by atoms with Crippen LogP contribution in [-0.4, -0.2) is 18.7 Å².